The normalized spacial score (nSPS) is 10.3. The average Bonchev–Trinajstić information content (AvgIpc) is 2.39. The minimum absolute atomic E-state index is 0.0202. The van der Waals surface area contributed by atoms with Gasteiger partial charge in [-0.2, -0.15) is 0 Å². The number of hydrogen-bond acceptors (Lipinski definition) is 5. The Labute approximate surface area is 115 Å². The summed E-state index contributed by atoms with van der Waals surface area (Å²) in [7, 11) is 0. The van der Waals surface area contributed by atoms with E-state index in [0.29, 0.717) is 22.6 Å². The summed E-state index contributed by atoms with van der Waals surface area (Å²) in [5.74, 6) is 0.337. The maximum Gasteiger partial charge on any atom is 0.278 e. The molecule has 0 bridgehead atoms. The number of benzene rings is 1. The van der Waals surface area contributed by atoms with Gasteiger partial charge in [0.2, 0.25) is 0 Å². The number of para-hydroxylation sites is 2. The predicted molar refractivity (Wildman–Crippen MR) is 72.8 cm³/mol. The number of phenols is 1. The summed E-state index contributed by atoms with van der Waals surface area (Å²) in [6.07, 6.45) is 1.45. The van der Waals surface area contributed by atoms with Crippen LogP contribution in [0.2, 0.25) is 0 Å². The third kappa shape index (κ3) is 2.69. The number of aryl methyl sites for hydroxylation is 1. The monoisotopic (exact) mass is 274 g/mol. The second-order valence-electron chi connectivity index (χ2n) is 4.38. The van der Waals surface area contributed by atoms with Gasteiger partial charge in [0.05, 0.1) is 16.2 Å². The predicted octanol–water partition coefficient (Wildman–Crippen LogP) is 2.89. The molecule has 2 aromatic rings. The van der Waals surface area contributed by atoms with Crippen molar-refractivity contribution in [3.05, 3.63) is 57.4 Å². The van der Waals surface area contributed by atoms with Crippen molar-refractivity contribution in [2.45, 2.75) is 20.5 Å². The Morgan fingerprint density at radius 1 is 1.35 bits per heavy atom. The summed E-state index contributed by atoms with van der Waals surface area (Å²) < 4.78 is 5.44. The van der Waals surface area contributed by atoms with Crippen LogP contribution in [0.25, 0.3) is 0 Å². The molecule has 0 amide bonds. The molecule has 0 aliphatic heterocycles. The molecule has 0 fully saturated rings. The number of nitrogens with zero attached hydrogens (tertiary/aromatic N) is 2. The highest BCUT2D eigenvalue weighted by molar-refractivity contribution is 5.47. The lowest BCUT2D eigenvalue weighted by molar-refractivity contribution is -0.386. The SMILES string of the molecule is Cc1cnc(COc2ccccc2O)c(C)c1[N+](=O)[O-]. The zero-order valence-corrected chi connectivity index (χ0v) is 11.2. The highest BCUT2D eigenvalue weighted by Gasteiger charge is 2.19. The molecule has 1 aromatic carbocycles. The Bertz CT molecular complexity index is 656. The molecular weight excluding hydrogens is 260 g/mol. The van der Waals surface area contributed by atoms with Gasteiger partial charge >= 0.3 is 0 Å². The van der Waals surface area contributed by atoms with Crippen molar-refractivity contribution in [2.24, 2.45) is 0 Å². The number of aromatic hydroxyl groups is 1. The van der Waals surface area contributed by atoms with E-state index in [4.69, 9.17) is 4.74 Å². The molecule has 6 nitrogen and oxygen atoms in total. The average molecular weight is 274 g/mol. The first-order chi connectivity index (χ1) is 9.50. The number of rotatable bonds is 4. The highest BCUT2D eigenvalue weighted by Crippen LogP contribution is 2.28. The van der Waals surface area contributed by atoms with E-state index in [0.717, 1.165) is 0 Å². The summed E-state index contributed by atoms with van der Waals surface area (Å²) in [4.78, 5) is 14.8. The molecule has 1 N–H and O–H groups in total. The van der Waals surface area contributed by atoms with Crippen molar-refractivity contribution >= 4 is 5.69 Å². The molecule has 1 aromatic heterocycles. The van der Waals surface area contributed by atoms with Crippen molar-refractivity contribution in [3.63, 3.8) is 0 Å². The molecule has 0 atom stereocenters. The number of phenolic OH excluding ortho intramolecular Hbond substituents is 1. The molecule has 104 valence electrons. The molecule has 0 aliphatic carbocycles. The standard InChI is InChI=1S/C14H14N2O4/c1-9-7-15-11(10(2)14(9)16(18)19)8-20-13-6-4-3-5-12(13)17/h3-7,17H,8H2,1-2H3. The molecule has 0 aliphatic rings. The maximum atomic E-state index is 11.0. The molecular formula is C14H14N2O4. The van der Waals surface area contributed by atoms with Gasteiger partial charge < -0.3 is 9.84 Å². The number of aromatic nitrogens is 1. The lowest BCUT2D eigenvalue weighted by Gasteiger charge is -2.10. The number of hydrogen-bond donors (Lipinski definition) is 1. The fourth-order valence-electron chi connectivity index (χ4n) is 1.92. The van der Waals surface area contributed by atoms with Crippen LogP contribution in [0, 0.1) is 24.0 Å². The highest BCUT2D eigenvalue weighted by atomic mass is 16.6. The van der Waals surface area contributed by atoms with Crippen LogP contribution < -0.4 is 4.74 Å². The van der Waals surface area contributed by atoms with E-state index in [1.807, 2.05) is 0 Å². The van der Waals surface area contributed by atoms with Crippen LogP contribution in [0.4, 0.5) is 5.69 Å². The largest absolute Gasteiger partial charge is 0.504 e. The van der Waals surface area contributed by atoms with E-state index in [1.54, 1.807) is 32.0 Å². The molecule has 0 spiro atoms. The molecule has 2 rings (SSSR count). The molecule has 0 unspecified atom stereocenters. The van der Waals surface area contributed by atoms with Gasteiger partial charge in [-0.05, 0) is 26.0 Å². The van der Waals surface area contributed by atoms with Gasteiger partial charge in [0.25, 0.3) is 5.69 Å². The molecule has 20 heavy (non-hydrogen) atoms. The van der Waals surface area contributed by atoms with Gasteiger partial charge in [0.15, 0.2) is 11.5 Å². The van der Waals surface area contributed by atoms with Crippen molar-refractivity contribution in [1.82, 2.24) is 4.98 Å². The van der Waals surface area contributed by atoms with E-state index in [9.17, 15) is 15.2 Å². The van der Waals surface area contributed by atoms with Gasteiger partial charge in [-0.3, -0.25) is 15.1 Å². The summed E-state index contributed by atoms with van der Waals surface area (Å²) in [5.41, 5.74) is 1.52. The minimum Gasteiger partial charge on any atom is -0.504 e. The van der Waals surface area contributed by atoms with Crippen molar-refractivity contribution < 1.29 is 14.8 Å². The number of ether oxygens (including phenoxy) is 1. The van der Waals surface area contributed by atoms with Crippen LogP contribution in [0.1, 0.15) is 16.8 Å². The number of pyridine rings is 1. The lowest BCUT2D eigenvalue weighted by atomic mass is 10.1. The van der Waals surface area contributed by atoms with Crippen molar-refractivity contribution in [1.29, 1.82) is 0 Å². The Morgan fingerprint density at radius 2 is 2.05 bits per heavy atom. The van der Waals surface area contributed by atoms with Gasteiger partial charge in [0, 0.05) is 11.8 Å². The first kappa shape index (κ1) is 13.8. The summed E-state index contributed by atoms with van der Waals surface area (Å²) >= 11 is 0. The molecule has 1 heterocycles. The van der Waals surface area contributed by atoms with Crippen LogP contribution in [-0.4, -0.2) is 15.0 Å². The van der Waals surface area contributed by atoms with Crippen LogP contribution in [0.3, 0.4) is 0 Å². The second-order valence-corrected chi connectivity index (χ2v) is 4.38. The molecule has 0 saturated heterocycles. The smallest absolute Gasteiger partial charge is 0.278 e. The van der Waals surface area contributed by atoms with E-state index >= 15 is 0 Å². The van der Waals surface area contributed by atoms with Crippen LogP contribution in [0.5, 0.6) is 11.5 Å². The Balaban J connectivity index is 2.25. The third-order valence-electron chi connectivity index (χ3n) is 2.99. The first-order valence-electron chi connectivity index (χ1n) is 6.01. The van der Waals surface area contributed by atoms with E-state index in [1.165, 1.54) is 12.3 Å². The fraction of sp³-hybridized carbons (Fsp3) is 0.214. The van der Waals surface area contributed by atoms with Gasteiger partial charge in [-0.15, -0.1) is 0 Å². The Kier molecular flexibility index (Phi) is 3.84. The van der Waals surface area contributed by atoms with Crippen LogP contribution in [-0.2, 0) is 6.61 Å². The quantitative estimate of drug-likeness (QED) is 0.684. The Hall–Kier alpha value is -2.63. The first-order valence-corrected chi connectivity index (χ1v) is 6.01. The lowest BCUT2D eigenvalue weighted by Crippen LogP contribution is -2.05. The summed E-state index contributed by atoms with van der Waals surface area (Å²) in [6, 6.07) is 6.54. The van der Waals surface area contributed by atoms with E-state index in [2.05, 4.69) is 4.98 Å². The van der Waals surface area contributed by atoms with E-state index < -0.39 is 4.92 Å². The fourth-order valence-corrected chi connectivity index (χ4v) is 1.92. The van der Waals surface area contributed by atoms with Gasteiger partial charge in [0.1, 0.15) is 6.61 Å². The van der Waals surface area contributed by atoms with E-state index in [-0.39, 0.29) is 18.0 Å². The maximum absolute atomic E-state index is 11.0. The van der Waals surface area contributed by atoms with Crippen LogP contribution >= 0.6 is 0 Å². The van der Waals surface area contributed by atoms with Gasteiger partial charge in [-0.25, -0.2) is 0 Å². The zero-order valence-electron chi connectivity index (χ0n) is 11.2. The van der Waals surface area contributed by atoms with Crippen LogP contribution in [0.15, 0.2) is 30.5 Å². The summed E-state index contributed by atoms with van der Waals surface area (Å²) in [5, 5.41) is 20.6. The van der Waals surface area contributed by atoms with Gasteiger partial charge in [-0.1, -0.05) is 12.1 Å². The Morgan fingerprint density at radius 3 is 2.70 bits per heavy atom. The van der Waals surface area contributed by atoms with Crippen molar-refractivity contribution in [3.8, 4) is 11.5 Å². The third-order valence-corrected chi connectivity index (χ3v) is 2.99. The zero-order chi connectivity index (χ0) is 14.7. The summed E-state index contributed by atoms with van der Waals surface area (Å²) in [6.45, 7) is 3.35. The molecule has 6 heteroatoms. The topological polar surface area (TPSA) is 85.5 Å². The molecule has 0 radical (unpaired) electrons. The number of nitro groups is 1. The minimum atomic E-state index is -0.421. The molecule has 0 saturated carbocycles. The second kappa shape index (κ2) is 5.56. The van der Waals surface area contributed by atoms with Crippen molar-refractivity contribution in [2.75, 3.05) is 0 Å².